The van der Waals surface area contributed by atoms with Crippen LogP contribution in [0.3, 0.4) is 0 Å². The molecule has 9 heteroatoms. The summed E-state index contributed by atoms with van der Waals surface area (Å²) in [7, 11) is 7.11. The monoisotopic (exact) mass is 449 g/mol. The van der Waals surface area contributed by atoms with Gasteiger partial charge in [-0.1, -0.05) is 18.2 Å². The number of benzene rings is 2. The second kappa shape index (κ2) is 8.88. The predicted octanol–water partition coefficient (Wildman–Crippen LogP) is 3.63. The van der Waals surface area contributed by atoms with E-state index in [4.69, 9.17) is 14.9 Å². The number of anilines is 1. The molecule has 0 atom stereocenters. The molecule has 4 rings (SSSR count). The molecule has 0 bridgehead atoms. The van der Waals surface area contributed by atoms with Crippen molar-refractivity contribution in [2.24, 2.45) is 10.1 Å². The Kier molecular flexibility index (Phi) is 6.00. The van der Waals surface area contributed by atoms with E-state index in [1.165, 1.54) is 16.8 Å². The third-order valence-electron chi connectivity index (χ3n) is 5.02. The molecule has 0 spiro atoms. The third kappa shape index (κ3) is 4.24. The molecule has 2 aliphatic heterocycles. The molecule has 0 unspecified atom stereocenters. The van der Waals surface area contributed by atoms with Gasteiger partial charge in [0.15, 0.2) is 17.3 Å². The van der Waals surface area contributed by atoms with Crippen LogP contribution in [0.1, 0.15) is 11.1 Å². The molecule has 0 aliphatic carbocycles. The molecule has 0 saturated carbocycles. The number of hydrazone groups is 1. The number of ether oxygens (including phenoxy) is 2. The molecule has 0 saturated heterocycles. The van der Waals surface area contributed by atoms with Crippen molar-refractivity contribution in [3.8, 4) is 11.5 Å². The Morgan fingerprint density at radius 3 is 2.47 bits per heavy atom. The lowest BCUT2D eigenvalue weighted by Crippen LogP contribution is -2.35. The maximum atomic E-state index is 12.6. The van der Waals surface area contributed by atoms with Gasteiger partial charge in [-0.2, -0.15) is 15.1 Å². The molecule has 2 aliphatic rings. The topological polar surface area (TPSA) is 90.6 Å². The minimum Gasteiger partial charge on any atom is -0.493 e. The van der Waals surface area contributed by atoms with Crippen LogP contribution in [0, 0.1) is 5.41 Å². The summed E-state index contributed by atoms with van der Waals surface area (Å²) in [5.74, 6) is 0.872. The Morgan fingerprint density at radius 1 is 1.09 bits per heavy atom. The summed E-state index contributed by atoms with van der Waals surface area (Å²) < 4.78 is 10.6. The van der Waals surface area contributed by atoms with Gasteiger partial charge in [0.1, 0.15) is 5.04 Å². The second-order valence-electron chi connectivity index (χ2n) is 7.37. The highest BCUT2D eigenvalue weighted by atomic mass is 32.2. The smallest absolute Gasteiger partial charge is 0.283 e. The molecular formula is C23H23N5O3S. The highest BCUT2D eigenvalue weighted by molar-refractivity contribution is 8.26. The van der Waals surface area contributed by atoms with Gasteiger partial charge in [0, 0.05) is 26.2 Å². The van der Waals surface area contributed by atoms with Gasteiger partial charge < -0.3 is 14.4 Å². The summed E-state index contributed by atoms with van der Waals surface area (Å²) in [5.41, 5.74) is 3.06. The van der Waals surface area contributed by atoms with E-state index >= 15 is 0 Å². The first-order valence-corrected chi connectivity index (χ1v) is 10.7. The van der Waals surface area contributed by atoms with Gasteiger partial charge in [-0.05, 0) is 53.2 Å². The molecular weight excluding hydrogens is 426 g/mol. The molecule has 2 heterocycles. The number of rotatable bonds is 6. The third-order valence-corrected chi connectivity index (χ3v) is 5.93. The molecule has 1 amide bonds. The van der Waals surface area contributed by atoms with Crippen molar-refractivity contribution < 1.29 is 14.3 Å². The van der Waals surface area contributed by atoms with Crippen LogP contribution in [0.5, 0.6) is 11.5 Å². The number of nitrogens with zero attached hydrogens (tertiary/aromatic N) is 4. The SMILES string of the molecule is COc1ccc(CC2=NN3C(=N)/C(=C/c4ccc(N(C)C)cc4)C(=O)N=C3S2)cc1OC. The fourth-order valence-electron chi connectivity index (χ4n) is 3.30. The number of hydrogen-bond acceptors (Lipinski definition) is 7. The first-order valence-electron chi connectivity index (χ1n) is 9.87. The highest BCUT2D eigenvalue weighted by Crippen LogP contribution is 2.32. The van der Waals surface area contributed by atoms with Gasteiger partial charge in [0.2, 0.25) is 5.17 Å². The Bertz CT molecular complexity index is 1170. The summed E-state index contributed by atoms with van der Waals surface area (Å²) >= 11 is 1.29. The summed E-state index contributed by atoms with van der Waals surface area (Å²) in [6, 6.07) is 13.4. The van der Waals surface area contributed by atoms with E-state index in [0.717, 1.165) is 21.9 Å². The van der Waals surface area contributed by atoms with E-state index in [1.54, 1.807) is 20.3 Å². The lowest BCUT2D eigenvalue weighted by atomic mass is 10.1. The minimum absolute atomic E-state index is 0.0199. The normalized spacial score (nSPS) is 16.6. The Labute approximate surface area is 190 Å². The summed E-state index contributed by atoms with van der Waals surface area (Å²) in [4.78, 5) is 18.8. The lowest BCUT2D eigenvalue weighted by Gasteiger charge is -2.20. The van der Waals surface area contributed by atoms with Crippen molar-refractivity contribution in [2.75, 3.05) is 33.2 Å². The lowest BCUT2D eigenvalue weighted by molar-refractivity contribution is -0.114. The van der Waals surface area contributed by atoms with Crippen molar-refractivity contribution >= 4 is 45.5 Å². The minimum atomic E-state index is -0.437. The van der Waals surface area contributed by atoms with E-state index in [1.807, 2.05) is 61.5 Å². The Morgan fingerprint density at radius 2 is 1.81 bits per heavy atom. The molecule has 1 N–H and O–H groups in total. The standard InChI is InChI=1S/C23H23N5O3S/c1-27(2)16-8-5-14(6-9-16)11-17-21(24)28-23(25-22(17)29)32-20(26-28)13-15-7-10-18(30-3)19(12-15)31-4/h5-12,24H,13H2,1-4H3/b17-11-,24-21?. The number of fused-ring (bicyclic) bond motifs is 1. The maximum absolute atomic E-state index is 12.6. The zero-order chi connectivity index (χ0) is 22.8. The number of methoxy groups -OCH3 is 2. The summed E-state index contributed by atoms with van der Waals surface area (Å²) in [6.07, 6.45) is 2.20. The van der Waals surface area contributed by atoms with Crippen LogP contribution in [0.15, 0.2) is 58.1 Å². The van der Waals surface area contributed by atoms with Crippen LogP contribution < -0.4 is 14.4 Å². The average Bonchev–Trinajstić information content (AvgIpc) is 3.19. The molecule has 2 aromatic carbocycles. The number of nitrogens with one attached hydrogen (secondary N) is 1. The Hall–Kier alpha value is -3.59. The van der Waals surface area contributed by atoms with Crippen LogP contribution in [-0.4, -0.2) is 55.3 Å². The number of carbonyl (C=O) groups is 1. The van der Waals surface area contributed by atoms with E-state index in [2.05, 4.69) is 10.1 Å². The first-order chi connectivity index (χ1) is 15.4. The summed E-state index contributed by atoms with van der Waals surface area (Å²) in [6.45, 7) is 0. The molecule has 164 valence electrons. The van der Waals surface area contributed by atoms with Crippen molar-refractivity contribution in [3.05, 3.63) is 59.2 Å². The highest BCUT2D eigenvalue weighted by Gasteiger charge is 2.35. The average molecular weight is 450 g/mol. The molecule has 2 aromatic rings. The maximum Gasteiger partial charge on any atom is 0.283 e. The number of thioether (sulfide) groups is 1. The van der Waals surface area contributed by atoms with Gasteiger partial charge in [-0.3, -0.25) is 10.2 Å². The molecule has 32 heavy (non-hydrogen) atoms. The zero-order valence-corrected chi connectivity index (χ0v) is 19.1. The number of amidine groups is 2. The number of hydrogen-bond donors (Lipinski definition) is 1. The van der Waals surface area contributed by atoms with Crippen molar-refractivity contribution in [1.29, 1.82) is 5.41 Å². The predicted molar refractivity (Wildman–Crippen MR) is 129 cm³/mol. The van der Waals surface area contributed by atoms with Gasteiger partial charge in [0.25, 0.3) is 5.91 Å². The number of amides is 1. The van der Waals surface area contributed by atoms with Crippen LogP contribution >= 0.6 is 11.8 Å². The van der Waals surface area contributed by atoms with Crippen LogP contribution in [-0.2, 0) is 11.2 Å². The van der Waals surface area contributed by atoms with E-state index in [0.29, 0.717) is 23.1 Å². The molecule has 0 fully saturated rings. The van der Waals surface area contributed by atoms with E-state index in [-0.39, 0.29) is 11.4 Å². The van der Waals surface area contributed by atoms with E-state index in [9.17, 15) is 4.79 Å². The first kappa shape index (κ1) is 21.6. The van der Waals surface area contributed by atoms with Gasteiger partial charge in [-0.25, -0.2) is 0 Å². The van der Waals surface area contributed by atoms with Crippen molar-refractivity contribution in [1.82, 2.24) is 5.01 Å². The Balaban J connectivity index is 1.55. The fourth-order valence-corrected chi connectivity index (χ4v) is 4.22. The molecule has 8 nitrogen and oxygen atoms in total. The van der Waals surface area contributed by atoms with Crippen molar-refractivity contribution in [2.45, 2.75) is 6.42 Å². The summed E-state index contributed by atoms with van der Waals surface area (Å²) in [5, 5.41) is 15.6. The fraction of sp³-hybridized carbons (Fsp3) is 0.217. The van der Waals surface area contributed by atoms with Crippen LogP contribution in [0.2, 0.25) is 0 Å². The van der Waals surface area contributed by atoms with Crippen LogP contribution in [0.4, 0.5) is 5.69 Å². The molecule has 0 aromatic heterocycles. The molecule has 0 radical (unpaired) electrons. The number of aliphatic imine (C=N–C) groups is 1. The van der Waals surface area contributed by atoms with Gasteiger partial charge in [-0.15, -0.1) is 0 Å². The van der Waals surface area contributed by atoms with Gasteiger partial charge in [0.05, 0.1) is 19.8 Å². The van der Waals surface area contributed by atoms with Crippen LogP contribution in [0.25, 0.3) is 6.08 Å². The largest absolute Gasteiger partial charge is 0.493 e. The zero-order valence-electron chi connectivity index (χ0n) is 18.2. The van der Waals surface area contributed by atoms with Gasteiger partial charge >= 0.3 is 0 Å². The number of carbonyl (C=O) groups excluding carboxylic acids is 1. The quantitative estimate of drug-likeness (QED) is 0.678. The second-order valence-corrected chi connectivity index (χ2v) is 8.41. The van der Waals surface area contributed by atoms with Crippen molar-refractivity contribution in [3.63, 3.8) is 0 Å². The van der Waals surface area contributed by atoms with E-state index < -0.39 is 5.91 Å².